The monoisotopic (exact) mass is 309 g/mol. The Morgan fingerprint density at radius 2 is 1.90 bits per heavy atom. The predicted molar refractivity (Wildman–Crippen MR) is 87.8 cm³/mol. The van der Waals surface area contributed by atoms with Crippen molar-refractivity contribution in [2.24, 2.45) is 11.7 Å². The highest BCUT2D eigenvalue weighted by Crippen LogP contribution is 2.44. The summed E-state index contributed by atoms with van der Waals surface area (Å²) in [4.78, 5) is 0. The van der Waals surface area contributed by atoms with Crippen LogP contribution in [0.15, 0.2) is 4.42 Å². The van der Waals surface area contributed by atoms with Crippen LogP contribution in [-0.2, 0) is 4.74 Å². The third-order valence-electron chi connectivity index (χ3n) is 5.39. The van der Waals surface area contributed by atoms with Crippen molar-refractivity contribution in [1.29, 1.82) is 0 Å². The zero-order valence-electron chi connectivity index (χ0n) is 13.4. The SMILES string of the molecule is Cc1oc(C)c(C(N)C2CCOC3(CCSCC3)C2)c1C. The number of thioether (sulfide) groups is 1. The van der Waals surface area contributed by atoms with Gasteiger partial charge in [-0.25, -0.2) is 0 Å². The summed E-state index contributed by atoms with van der Waals surface area (Å²) in [5, 5.41) is 0. The molecule has 118 valence electrons. The molecule has 4 heteroatoms. The quantitative estimate of drug-likeness (QED) is 0.900. The first-order valence-corrected chi connectivity index (χ1v) is 9.22. The van der Waals surface area contributed by atoms with Crippen molar-refractivity contribution in [3.63, 3.8) is 0 Å². The van der Waals surface area contributed by atoms with E-state index in [0.29, 0.717) is 5.92 Å². The molecule has 2 aliphatic heterocycles. The number of aryl methyl sites for hydroxylation is 2. The molecule has 3 heterocycles. The van der Waals surface area contributed by atoms with E-state index in [9.17, 15) is 0 Å². The van der Waals surface area contributed by atoms with E-state index in [0.717, 1.165) is 31.0 Å². The van der Waals surface area contributed by atoms with Crippen LogP contribution in [0.2, 0.25) is 0 Å². The summed E-state index contributed by atoms with van der Waals surface area (Å²) in [5.74, 6) is 4.97. The van der Waals surface area contributed by atoms with Crippen LogP contribution >= 0.6 is 11.8 Å². The Morgan fingerprint density at radius 3 is 2.52 bits per heavy atom. The molecule has 0 saturated carbocycles. The molecule has 2 N–H and O–H groups in total. The molecule has 2 aliphatic rings. The van der Waals surface area contributed by atoms with Crippen molar-refractivity contribution in [2.45, 2.75) is 58.1 Å². The molecular weight excluding hydrogens is 282 g/mol. The van der Waals surface area contributed by atoms with E-state index in [1.807, 2.05) is 13.8 Å². The van der Waals surface area contributed by atoms with Crippen LogP contribution in [-0.4, -0.2) is 23.7 Å². The molecule has 2 atom stereocenters. The van der Waals surface area contributed by atoms with Gasteiger partial charge in [0, 0.05) is 18.2 Å². The first-order valence-electron chi connectivity index (χ1n) is 8.06. The Labute approximate surface area is 132 Å². The number of furan rings is 1. The van der Waals surface area contributed by atoms with E-state index in [4.69, 9.17) is 14.9 Å². The van der Waals surface area contributed by atoms with Crippen LogP contribution in [0.1, 0.15) is 54.4 Å². The van der Waals surface area contributed by atoms with Gasteiger partial charge in [0.2, 0.25) is 0 Å². The van der Waals surface area contributed by atoms with Crippen LogP contribution in [0.4, 0.5) is 0 Å². The van der Waals surface area contributed by atoms with Crippen molar-refractivity contribution < 1.29 is 9.15 Å². The summed E-state index contributed by atoms with van der Waals surface area (Å²) in [5.41, 5.74) is 9.23. The molecular formula is C17H27NO2S. The highest BCUT2D eigenvalue weighted by atomic mass is 32.2. The molecule has 0 radical (unpaired) electrons. The van der Waals surface area contributed by atoms with Gasteiger partial charge in [0.15, 0.2) is 0 Å². The van der Waals surface area contributed by atoms with Gasteiger partial charge < -0.3 is 14.9 Å². The summed E-state index contributed by atoms with van der Waals surface area (Å²) >= 11 is 2.05. The van der Waals surface area contributed by atoms with E-state index >= 15 is 0 Å². The van der Waals surface area contributed by atoms with Gasteiger partial charge in [-0.05, 0) is 69.4 Å². The third-order valence-corrected chi connectivity index (χ3v) is 6.38. The standard InChI is InChI=1S/C17H27NO2S/c1-11-12(2)20-13(3)15(11)16(18)14-4-7-19-17(10-14)5-8-21-9-6-17/h14,16H,4-10,18H2,1-3H3. The van der Waals surface area contributed by atoms with Gasteiger partial charge in [-0.2, -0.15) is 11.8 Å². The zero-order valence-corrected chi connectivity index (χ0v) is 14.2. The van der Waals surface area contributed by atoms with Crippen LogP contribution in [0, 0.1) is 26.7 Å². The van der Waals surface area contributed by atoms with Crippen molar-refractivity contribution in [2.75, 3.05) is 18.1 Å². The number of hydrogen-bond donors (Lipinski definition) is 1. The van der Waals surface area contributed by atoms with E-state index in [1.54, 1.807) is 0 Å². The van der Waals surface area contributed by atoms with E-state index < -0.39 is 0 Å². The van der Waals surface area contributed by atoms with Crippen LogP contribution in [0.3, 0.4) is 0 Å². The molecule has 3 nitrogen and oxygen atoms in total. The summed E-state index contributed by atoms with van der Waals surface area (Å²) in [6.45, 7) is 7.06. The zero-order chi connectivity index (χ0) is 15.0. The summed E-state index contributed by atoms with van der Waals surface area (Å²) in [6.07, 6.45) is 4.55. The predicted octanol–water partition coefficient (Wildman–Crippen LogP) is 3.90. The first kappa shape index (κ1) is 15.4. The lowest BCUT2D eigenvalue weighted by atomic mass is 9.76. The van der Waals surface area contributed by atoms with Crippen molar-refractivity contribution >= 4 is 11.8 Å². The molecule has 0 aliphatic carbocycles. The normalized spacial score (nSPS) is 27.0. The Bertz CT molecular complexity index is 500. The molecule has 1 spiro atoms. The van der Waals surface area contributed by atoms with Crippen LogP contribution in [0.25, 0.3) is 0 Å². The van der Waals surface area contributed by atoms with E-state index in [-0.39, 0.29) is 11.6 Å². The second kappa shape index (κ2) is 5.98. The molecule has 0 aromatic carbocycles. The minimum Gasteiger partial charge on any atom is -0.466 e. The first-order chi connectivity index (χ1) is 10.0. The lowest BCUT2D eigenvalue weighted by Crippen LogP contribution is -2.45. The van der Waals surface area contributed by atoms with Crippen molar-refractivity contribution in [3.8, 4) is 0 Å². The maximum atomic E-state index is 6.65. The Kier molecular flexibility index (Phi) is 4.40. The van der Waals surface area contributed by atoms with Gasteiger partial charge in [-0.1, -0.05) is 0 Å². The van der Waals surface area contributed by atoms with Gasteiger partial charge >= 0.3 is 0 Å². The summed E-state index contributed by atoms with van der Waals surface area (Å²) in [6, 6.07) is 0.0813. The van der Waals surface area contributed by atoms with Crippen molar-refractivity contribution in [1.82, 2.24) is 0 Å². The highest BCUT2D eigenvalue weighted by Gasteiger charge is 2.41. The molecule has 2 saturated heterocycles. The number of ether oxygens (including phenoxy) is 1. The average molecular weight is 309 g/mol. The topological polar surface area (TPSA) is 48.4 Å². The molecule has 0 bridgehead atoms. The highest BCUT2D eigenvalue weighted by molar-refractivity contribution is 7.99. The number of rotatable bonds is 2. The Morgan fingerprint density at radius 1 is 1.19 bits per heavy atom. The third kappa shape index (κ3) is 2.90. The average Bonchev–Trinajstić information content (AvgIpc) is 2.72. The van der Waals surface area contributed by atoms with E-state index in [2.05, 4.69) is 18.7 Å². The Balaban J connectivity index is 1.79. The number of hydrogen-bond acceptors (Lipinski definition) is 4. The fourth-order valence-electron chi connectivity index (χ4n) is 4.00. The fraction of sp³-hybridized carbons (Fsp3) is 0.765. The summed E-state index contributed by atoms with van der Waals surface area (Å²) < 4.78 is 12.0. The second-order valence-corrected chi connectivity index (χ2v) is 7.90. The van der Waals surface area contributed by atoms with Gasteiger partial charge in [0.25, 0.3) is 0 Å². The molecule has 2 unspecified atom stereocenters. The maximum absolute atomic E-state index is 6.65. The minimum atomic E-state index is 0.0813. The van der Waals surface area contributed by atoms with Gasteiger partial charge in [-0.15, -0.1) is 0 Å². The van der Waals surface area contributed by atoms with Crippen LogP contribution < -0.4 is 5.73 Å². The largest absolute Gasteiger partial charge is 0.466 e. The molecule has 2 fully saturated rings. The van der Waals surface area contributed by atoms with Crippen molar-refractivity contribution in [3.05, 3.63) is 22.6 Å². The fourth-order valence-corrected chi connectivity index (χ4v) is 5.24. The minimum absolute atomic E-state index is 0.0813. The Hall–Kier alpha value is -0.450. The number of nitrogens with two attached hydrogens (primary N) is 1. The molecule has 3 rings (SSSR count). The second-order valence-electron chi connectivity index (χ2n) is 6.68. The molecule has 1 aromatic heterocycles. The molecule has 21 heavy (non-hydrogen) atoms. The van der Waals surface area contributed by atoms with E-state index in [1.165, 1.54) is 35.5 Å². The van der Waals surface area contributed by atoms with Gasteiger partial charge in [0.1, 0.15) is 11.5 Å². The lowest BCUT2D eigenvalue weighted by molar-refractivity contribution is -0.105. The maximum Gasteiger partial charge on any atom is 0.106 e. The molecule has 0 amide bonds. The summed E-state index contributed by atoms with van der Waals surface area (Å²) in [7, 11) is 0. The van der Waals surface area contributed by atoms with Gasteiger partial charge in [0.05, 0.1) is 5.60 Å². The molecule has 1 aromatic rings. The van der Waals surface area contributed by atoms with Gasteiger partial charge in [-0.3, -0.25) is 0 Å². The smallest absolute Gasteiger partial charge is 0.106 e. The lowest BCUT2D eigenvalue weighted by Gasteiger charge is -2.44. The van der Waals surface area contributed by atoms with Crippen LogP contribution in [0.5, 0.6) is 0 Å².